The molecule has 2 nitrogen and oxygen atoms in total. The zero-order valence-electron chi connectivity index (χ0n) is 6.00. The third-order valence-electron chi connectivity index (χ3n) is 1.03. The molecule has 56 valence electrons. The Morgan fingerprint density at radius 1 is 1.80 bits per heavy atom. The van der Waals surface area contributed by atoms with Gasteiger partial charge in [0, 0.05) is 5.57 Å². The van der Waals surface area contributed by atoms with E-state index in [0.29, 0.717) is 0 Å². The van der Waals surface area contributed by atoms with Crippen LogP contribution in [0, 0.1) is 0 Å². The van der Waals surface area contributed by atoms with Crippen LogP contribution in [0.4, 0.5) is 0 Å². The number of aliphatic hydroxyl groups is 1. The molecule has 0 aromatic heterocycles. The van der Waals surface area contributed by atoms with Gasteiger partial charge in [-0.05, 0) is 13.0 Å². The number of aliphatic imine (C=N–C) groups is 1. The number of hydrogen-bond acceptors (Lipinski definition) is 3. The molecule has 0 amide bonds. The molecule has 0 aliphatic carbocycles. The van der Waals surface area contributed by atoms with Gasteiger partial charge in [-0.1, -0.05) is 12.7 Å². The van der Waals surface area contributed by atoms with Gasteiger partial charge in [0.05, 0.1) is 6.61 Å². The van der Waals surface area contributed by atoms with Crippen LogP contribution in [0.2, 0.25) is 0 Å². The van der Waals surface area contributed by atoms with Crippen LogP contribution in [0.3, 0.4) is 0 Å². The maximum Gasteiger partial charge on any atom is 0.100 e. The molecular weight excluding hydrogens is 146 g/mol. The Labute approximate surface area is 65.4 Å². The second-order valence-corrected chi connectivity index (χ2v) is 2.35. The lowest BCUT2D eigenvalue weighted by molar-refractivity contribution is 0.334. The normalized spacial score (nSPS) is 12.2. The summed E-state index contributed by atoms with van der Waals surface area (Å²) in [6.07, 6.45) is 3.46. The lowest BCUT2D eigenvalue weighted by atomic mass is 10.3. The fraction of sp³-hybridized carbons (Fsp3) is 0.286. The van der Waals surface area contributed by atoms with E-state index in [0.717, 1.165) is 10.6 Å². The van der Waals surface area contributed by atoms with Gasteiger partial charge in [-0.15, -0.1) is 11.8 Å². The van der Waals surface area contributed by atoms with Crippen molar-refractivity contribution >= 4 is 18.5 Å². The van der Waals surface area contributed by atoms with Crippen molar-refractivity contribution < 1.29 is 5.11 Å². The van der Waals surface area contributed by atoms with E-state index in [1.54, 1.807) is 6.08 Å². The number of aliphatic hydroxyl groups excluding tert-OH is 1. The average Bonchev–Trinajstić information content (AvgIpc) is 2.00. The summed E-state index contributed by atoms with van der Waals surface area (Å²) in [6.45, 7) is 6.86. The molecule has 0 saturated heterocycles. The number of thioether (sulfide) groups is 1. The van der Waals surface area contributed by atoms with Crippen molar-refractivity contribution in [3.05, 3.63) is 23.3 Å². The molecule has 0 aliphatic rings. The monoisotopic (exact) mass is 157 g/mol. The zero-order valence-corrected chi connectivity index (χ0v) is 6.82. The Hall–Kier alpha value is -0.540. The molecule has 0 aliphatic heterocycles. The second-order valence-electron chi connectivity index (χ2n) is 1.55. The lowest BCUT2D eigenvalue weighted by Crippen LogP contribution is -1.88. The average molecular weight is 157 g/mol. The first-order valence-electron chi connectivity index (χ1n) is 2.77. The highest BCUT2D eigenvalue weighted by atomic mass is 32.2. The number of rotatable bonds is 4. The largest absolute Gasteiger partial charge is 0.392 e. The first kappa shape index (κ1) is 9.46. The van der Waals surface area contributed by atoms with Crippen molar-refractivity contribution in [2.45, 2.75) is 0 Å². The van der Waals surface area contributed by atoms with Gasteiger partial charge >= 0.3 is 0 Å². The first-order chi connectivity index (χ1) is 4.79. The predicted octanol–water partition coefficient (Wildman–Crippen LogP) is 1.44. The Morgan fingerprint density at radius 3 is 2.50 bits per heavy atom. The van der Waals surface area contributed by atoms with Crippen molar-refractivity contribution in [1.82, 2.24) is 0 Å². The molecule has 0 unspecified atom stereocenters. The van der Waals surface area contributed by atoms with Crippen molar-refractivity contribution in [3.63, 3.8) is 0 Å². The van der Waals surface area contributed by atoms with Crippen LogP contribution in [-0.2, 0) is 0 Å². The van der Waals surface area contributed by atoms with Gasteiger partial charge in [-0.25, -0.2) is 0 Å². The van der Waals surface area contributed by atoms with Gasteiger partial charge in [0.2, 0.25) is 0 Å². The Kier molecular flexibility index (Phi) is 4.98. The molecule has 0 spiro atoms. The lowest BCUT2D eigenvalue weighted by Gasteiger charge is -1.99. The van der Waals surface area contributed by atoms with E-state index in [9.17, 15) is 0 Å². The third kappa shape index (κ3) is 2.37. The van der Waals surface area contributed by atoms with Crippen LogP contribution >= 0.6 is 11.8 Å². The maximum atomic E-state index is 8.73. The summed E-state index contributed by atoms with van der Waals surface area (Å²) in [4.78, 5) is 3.71. The molecule has 0 aromatic carbocycles. The van der Waals surface area contributed by atoms with Crippen LogP contribution in [-0.4, -0.2) is 24.7 Å². The molecule has 3 heteroatoms. The van der Waals surface area contributed by atoms with Crippen molar-refractivity contribution in [2.75, 3.05) is 12.9 Å². The predicted molar refractivity (Wildman–Crippen MR) is 47.4 cm³/mol. The molecule has 0 atom stereocenters. The molecule has 10 heavy (non-hydrogen) atoms. The van der Waals surface area contributed by atoms with Gasteiger partial charge < -0.3 is 5.11 Å². The summed E-state index contributed by atoms with van der Waals surface area (Å²) in [5.41, 5.74) is 0.725. The number of hydrogen-bond donors (Lipinski definition) is 1. The minimum atomic E-state index is -0.0291. The summed E-state index contributed by atoms with van der Waals surface area (Å²) in [6, 6.07) is 0. The summed E-state index contributed by atoms with van der Waals surface area (Å²) >= 11 is 1.45. The fourth-order valence-corrected chi connectivity index (χ4v) is 1.06. The highest BCUT2D eigenvalue weighted by Gasteiger charge is 1.96. The fourth-order valence-electron chi connectivity index (χ4n) is 0.517. The van der Waals surface area contributed by atoms with Crippen LogP contribution in [0.5, 0.6) is 0 Å². The second kappa shape index (κ2) is 5.26. The summed E-state index contributed by atoms with van der Waals surface area (Å²) in [5.74, 6) is 0. The van der Waals surface area contributed by atoms with E-state index >= 15 is 0 Å². The van der Waals surface area contributed by atoms with E-state index in [-0.39, 0.29) is 6.61 Å². The Balaban J connectivity index is 4.50. The summed E-state index contributed by atoms with van der Waals surface area (Å²) in [5, 5.41) is 9.46. The van der Waals surface area contributed by atoms with E-state index in [1.807, 2.05) is 6.26 Å². The zero-order chi connectivity index (χ0) is 7.98. The minimum absolute atomic E-state index is 0.0291. The smallest absolute Gasteiger partial charge is 0.100 e. The molecule has 0 bridgehead atoms. The molecule has 1 N–H and O–H groups in total. The molecule has 0 heterocycles. The van der Waals surface area contributed by atoms with Crippen molar-refractivity contribution in [2.24, 2.45) is 4.99 Å². The van der Waals surface area contributed by atoms with E-state index in [4.69, 9.17) is 5.11 Å². The van der Waals surface area contributed by atoms with Gasteiger partial charge in [0.1, 0.15) is 5.03 Å². The Morgan fingerprint density at radius 2 is 2.40 bits per heavy atom. The van der Waals surface area contributed by atoms with Gasteiger partial charge in [0.25, 0.3) is 0 Å². The van der Waals surface area contributed by atoms with Gasteiger partial charge in [0.15, 0.2) is 0 Å². The van der Waals surface area contributed by atoms with Crippen LogP contribution in [0.15, 0.2) is 28.2 Å². The van der Waals surface area contributed by atoms with Gasteiger partial charge in [-0.3, -0.25) is 4.99 Å². The minimum Gasteiger partial charge on any atom is -0.392 e. The maximum absolute atomic E-state index is 8.73. The SMILES string of the molecule is C=C/C(CO)=C(\N=C)SC. The number of nitrogens with zero attached hydrogens (tertiary/aromatic N) is 1. The molecule has 0 radical (unpaired) electrons. The van der Waals surface area contributed by atoms with Crippen LogP contribution in [0.25, 0.3) is 0 Å². The van der Waals surface area contributed by atoms with Crippen molar-refractivity contribution in [1.29, 1.82) is 0 Å². The molecule has 0 aromatic rings. The summed E-state index contributed by atoms with van der Waals surface area (Å²) in [7, 11) is 0. The standard InChI is InChI=1S/C7H11NOS/c1-4-6(5-9)7(8-2)10-3/h4,9H,1-2,5H2,3H3/b7-6-. The van der Waals surface area contributed by atoms with E-state index in [1.165, 1.54) is 11.8 Å². The van der Waals surface area contributed by atoms with E-state index < -0.39 is 0 Å². The summed E-state index contributed by atoms with van der Waals surface area (Å²) < 4.78 is 0. The van der Waals surface area contributed by atoms with Crippen LogP contribution < -0.4 is 0 Å². The highest BCUT2D eigenvalue weighted by Crippen LogP contribution is 2.17. The topological polar surface area (TPSA) is 32.6 Å². The van der Waals surface area contributed by atoms with Gasteiger partial charge in [-0.2, -0.15) is 0 Å². The Bertz CT molecular complexity index is 145. The molecule has 0 rings (SSSR count). The molecule has 0 fully saturated rings. The molecular formula is C7H11NOS. The highest BCUT2D eigenvalue weighted by molar-refractivity contribution is 8.02. The quantitative estimate of drug-likeness (QED) is 0.494. The third-order valence-corrected chi connectivity index (χ3v) is 1.81. The van der Waals surface area contributed by atoms with Crippen LogP contribution in [0.1, 0.15) is 0 Å². The first-order valence-corrected chi connectivity index (χ1v) is 3.99. The van der Waals surface area contributed by atoms with Crippen molar-refractivity contribution in [3.8, 4) is 0 Å². The van der Waals surface area contributed by atoms with E-state index in [2.05, 4.69) is 18.3 Å². The molecule has 0 saturated carbocycles.